The molecular formula is C28H34N2O3. The van der Waals surface area contributed by atoms with Crippen LogP contribution in [-0.2, 0) is 16.0 Å². The van der Waals surface area contributed by atoms with Gasteiger partial charge in [-0.2, -0.15) is 0 Å². The zero-order valence-corrected chi connectivity index (χ0v) is 19.2. The van der Waals surface area contributed by atoms with Gasteiger partial charge in [0.15, 0.2) is 0 Å². The van der Waals surface area contributed by atoms with Crippen molar-refractivity contribution in [1.82, 2.24) is 10.6 Å². The van der Waals surface area contributed by atoms with Crippen LogP contribution in [0, 0.1) is 11.8 Å². The lowest BCUT2D eigenvalue weighted by Crippen LogP contribution is -2.65. The molecule has 0 spiro atoms. The predicted molar refractivity (Wildman–Crippen MR) is 127 cm³/mol. The van der Waals surface area contributed by atoms with Crippen LogP contribution < -0.4 is 10.6 Å². The standard InChI is InChI=1S/C28H34N2O3/c31-24-7-9-26(29-24,13-19-5-6-22-3-1-2-4-23(22)12-19)10-8-25(32)30-27-14-20-11-21(15-27)17-28(33,16-20)18-27/h1-6,12,20-21,33H,7-11,13-18H2,(H,29,31)(H,30,32)/t20-,21-,26+,27?,28?/m1/s1. The van der Waals surface area contributed by atoms with E-state index in [0.717, 1.165) is 38.5 Å². The summed E-state index contributed by atoms with van der Waals surface area (Å²) in [6, 6.07) is 14.8. The topological polar surface area (TPSA) is 78.4 Å². The molecule has 7 rings (SSSR count). The van der Waals surface area contributed by atoms with Crippen LogP contribution in [0.5, 0.6) is 0 Å². The fraction of sp³-hybridized carbons (Fsp3) is 0.571. The fourth-order valence-electron chi connectivity index (χ4n) is 7.99. The molecule has 4 saturated carbocycles. The number of carbonyl (C=O) groups excluding carboxylic acids is 2. The first-order chi connectivity index (χ1) is 15.8. The number of fused-ring (bicyclic) bond motifs is 1. The molecule has 33 heavy (non-hydrogen) atoms. The first-order valence-electron chi connectivity index (χ1n) is 12.6. The second kappa shape index (κ2) is 7.56. The van der Waals surface area contributed by atoms with Crippen molar-refractivity contribution in [1.29, 1.82) is 0 Å². The summed E-state index contributed by atoms with van der Waals surface area (Å²) in [6.45, 7) is 0. The Morgan fingerprint density at radius 1 is 1.06 bits per heavy atom. The van der Waals surface area contributed by atoms with Crippen LogP contribution >= 0.6 is 0 Å². The van der Waals surface area contributed by atoms with E-state index in [9.17, 15) is 14.7 Å². The zero-order valence-electron chi connectivity index (χ0n) is 19.2. The molecule has 4 aliphatic carbocycles. The highest BCUT2D eigenvalue weighted by Crippen LogP contribution is 2.57. The number of amides is 2. The molecule has 4 bridgehead atoms. The summed E-state index contributed by atoms with van der Waals surface area (Å²) in [5, 5.41) is 20.0. The third-order valence-electron chi connectivity index (χ3n) is 8.86. The SMILES string of the molecule is O=C(CC[C@]1(Cc2ccc3ccccc3c2)CCC(=O)N1)NC12C[C@H]3C[C@@H](CC(O)(C3)C1)C2. The Bertz CT molecular complexity index is 1100. The number of hydrogen-bond acceptors (Lipinski definition) is 3. The lowest BCUT2D eigenvalue weighted by Gasteiger charge is -2.60. The van der Waals surface area contributed by atoms with E-state index in [4.69, 9.17) is 0 Å². The molecule has 1 aliphatic heterocycles. The largest absolute Gasteiger partial charge is 0.390 e. The van der Waals surface area contributed by atoms with Gasteiger partial charge in [0.1, 0.15) is 0 Å². The highest BCUT2D eigenvalue weighted by Gasteiger charge is 2.57. The summed E-state index contributed by atoms with van der Waals surface area (Å²) < 4.78 is 0. The van der Waals surface area contributed by atoms with Crippen LogP contribution in [0.15, 0.2) is 42.5 Å². The van der Waals surface area contributed by atoms with E-state index in [1.54, 1.807) is 0 Å². The normalized spacial score (nSPS) is 36.8. The van der Waals surface area contributed by atoms with Gasteiger partial charge in [-0.05, 0) is 86.0 Å². The minimum atomic E-state index is -0.575. The fourth-order valence-corrected chi connectivity index (χ4v) is 7.99. The maximum Gasteiger partial charge on any atom is 0.220 e. The molecule has 0 radical (unpaired) electrons. The van der Waals surface area contributed by atoms with Gasteiger partial charge in [0.2, 0.25) is 11.8 Å². The Morgan fingerprint density at radius 3 is 2.52 bits per heavy atom. The van der Waals surface area contributed by atoms with Gasteiger partial charge in [0.05, 0.1) is 5.60 Å². The number of aliphatic hydroxyl groups is 1. The highest BCUT2D eigenvalue weighted by molar-refractivity contribution is 5.83. The molecule has 2 amide bonds. The average molecular weight is 447 g/mol. The second-order valence-corrected chi connectivity index (χ2v) is 11.7. The van der Waals surface area contributed by atoms with Gasteiger partial charge in [-0.3, -0.25) is 9.59 Å². The summed E-state index contributed by atoms with van der Waals surface area (Å²) in [5.41, 5.74) is 0.0324. The minimum absolute atomic E-state index is 0.0691. The van der Waals surface area contributed by atoms with Crippen LogP contribution in [0.25, 0.3) is 10.8 Å². The number of nitrogens with one attached hydrogen (secondary N) is 2. The molecule has 3 N–H and O–H groups in total. The van der Waals surface area contributed by atoms with Crippen LogP contribution in [-0.4, -0.2) is 33.6 Å². The molecular weight excluding hydrogens is 412 g/mol. The van der Waals surface area contributed by atoms with Crippen LogP contribution in [0.1, 0.15) is 69.8 Å². The van der Waals surface area contributed by atoms with E-state index >= 15 is 0 Å². The molecule has 0 unspecified atom stereocenters. The predicted octanol–water partition coefficient (Wildman–Crippen LogP) is 4.01. The van der Waals surface area contributed by atoms with E-state index in [1.165, 1.54) is 22.8 Å². The Kier molecular flexibility index (Phi) is 4.84. The molecule has 2 aromatic rings. The molecule has 2 aromatic carbocycles. The van der Waals surface area contributed by atoms with Gasteiger partial charge in [-0.15, -0.1) is 0 Å². The third-order valence-corrected chi connectivity index (χ3v) is 8.86. The molecule has 1 saturated heterocycles. The van der Waals surface area contributed by atoms with Gasteiger partial charge in [0.25, 0.3) is 0 Å². The molecule has 5 nitrogen and oxygen atoms in total. The van der Waals surface area contributed by atoms with Crippen molar-refractivity contribution >= 4 is 22.6 Å². The van der Waals surface area contributed by atoms with Gasteiger partial charge < -0.3 is 15.7 Å². The van der Waals surface area contributed by atoms with Gasteiger partial charge in [0, 0.05) is 23.9 Å². The first-order valence-corrected chi connectivity index (χ1v) is 12.6. The Hall–Kier alpha value is -2.40. The lowest BCUT2D eigenvalue weighted by molar-refractivity contribution is -0.151. The van der Waals surface area contributed by atoms with Crippen molar-refractivity contribution in [2.24, 2.45) is 11.8 Å². The number of hydrogen-bond donors (Lipinski definition) is 3. The van der Waals surface area contributed by atoms with Crippen molar-refractivity contribution in [2.45, 2.75) is 87.3 Å². The van der Waals surface area contributed by atoms with Crippen molar-refractivity contribution in [3.05, 3.63) is 48.0 Å². The van der Waals surface area contributed by atoms with Crippen molar-refractivity contribution in [2.75, 3.05) is 0 Å². The summed E-state index contributed by atoms with van der Waals surface area (Å²) in [7, 11) is 0. The molecule has 174 valence electrons. The van der Waals surface area contributed by atoms with E-state index in [0.29, 0.717) is 37.5 Å². The summed E-state index contributed by atoms with van der Waals surface area (Å²) in [5.74, 6) is 1.24. The summed E-state index contributed by atoms with van der Waals surface area (Å²) >= 11 is 0. The monoisotopic (exact) mass is 446 g/mol. The second-order valence-electron chi connectivity index (χ2n) is 11.7. The molecule has 3 atom stereocenters. The summed E-state index contributed by atoms with van der Waals surface area (Å²) in [4.78, 5) is 25.3. The van der Waals surface area contributed by atoms with Gasteiger partial charge in [-0.25, -0.2) is 0 Å². The summed E-state index contributed by atoms with van der Waals surface area (Å²) in [6.07, 6.45) is 8.83. The van der Waals surface area contributed by atoms with E-state index in [1.807, 2.05) is 12.1 Å². The number of rotatable bonds is 6. The minimum Gasteiger partial charge on any atom is -0.390 e. The third kappa shape index (κ3) is 4.05. The molecule has 1 heterocycles. The first kappa shape index (κ1) is 21.2. The average Bonchev–Trinajstić information content (AvgIpc) is 3.11. The number of benzene rings is 2. The van der Waals surface area contributed by atoms with Crippen LogP contribution in [0.4, 0.5) is 0 Å². The van der Waals surface area contributed by atoms with Crippen LogP contribution in [0.3, 0.4) is 0 Å². The number of carbonyl (C=O) groups is 2. The highest BCUT2D eigenvalue weighted by atomic mass is 16.3. The lowest BCUT2D eigenvalue weighted by atomic mass is 9.51. The van der Waals surface area contributed by atoms with Gasteiger partial charge in [-0.1, -0.05) is 42.5 Å². The Balaban J connectivity index is 1.15. The molecule has 5 heteroatoms. The maximum absolute atomic E-state index is 13.1. The zero-order chi connectivity index (χ0) is 22.7. The van der Waals surface area contributed by atoms with Crippen LogP contribution in [0.2, 0.25) is 0 Å². The van der Waals surface area contributed by atoms with E-state index in [2.05, 4.69) is 41.0 Å². The van der Waals surface area contributed by atoms with Crippen molar-refractivity contribution < 1.29 is 14.7 Å². The molecule has 5 aliphatic rings. The Labute approximate surface area is 195 Å². The molecule has 5 fully saturated rings. The maximum atomic E-state index is 13.1. The van der Waals surface area contributed by atoms with Crippen molar-refractivity contribution in [3.63, 3.8) is 0 Å². The van der Waals surface area contributed by atoms with E-state index < -0.39 is 5.60 Å². The Morgan fingerprint density at radius 2 is 1.82 bits per heavy atom. The van der Waals surface area contributed by atoms with E-state index in [-0.39, 0.29) is 22.9 Å². The van der Waals surface area contributed by atoms with Crippen molar-refractivity contribution in [3.8, 4) is 0 Å². The molecule has 0 aromatic heterocycles. The van der Waals surface area contributed by atoms with Gasteiger partial charge >= 0.3 is 0 Å². The quantitative estimate of drug-likeness (QED) is 0.627. The smallest absolute Gasteiger partial charge is 0.220 e.